The number of hydrogen-bond donors (Lipinski definition) is 0. The fourth-order valence-electron chi connectivity index (χ4n) is 2.04. The molecule has 0 fully saturated rings. The predicted molar refractivity (Wildman–Crippen MR) is 65.6 cm³/mol. The number of halogens is 1. The lowest BCUT2D eigenvalue weighted by Crippen LogP contribution is -2.30. The van der Waals surface area contributed by atoms with Gasteiger partial charge in [-0.15, -0.1) is 0 Å². The molecule has 1 aromatic rings. The van der Waals surface area contributed by atoms with E-state index in [0.717, 1.165) is 11.3 Å². The molecular weight excluding hydrogens is 225 g/mol. The molecule has 0 aromatic heterocycles. The Morgan fingerprint density at radius 1 is 1.44 bits per heavy atom. The lowest BCUT2D eigenvalue weighted by Gasteiger charge is -2.27. The van der Waals surface area contributed by atoms with E-state index in [4.69, 9.17) is 0 Å². The van der Waals surface area contributed by atoms with E-state index in [-0.39, 0.29) is 11.7 Å². The van der Waals surface area contributed by atoms with Gasteiger partial charge in [0, 0.05) is 18.4 Å². The minimum Gasteiger partial charge on any atom is -0.294 e. The van der Waals surface area contributed by atoms with Crippen LogP contribution in [0, 0.1) is 5.82 Å². The zero-order valence-corrected chi connectivity index (χ0v) is 10.6. The van der Waals surface area contributed by atoms with Crippen LogP contribution in [0.25, 0.3) is 0 Å². The van der Waals surface area contributed by atoms with E-state index in [1.165, 1.54) is 0 Å². The zero-order valence-electron chi connectivity index (χ0n) is 9.79. The van der Waals surface area contributed by atoms with E-state index in [1.807, 2.05) is 19.9 Å². The molecule has 1 atom stereocenters. The largest absolute Gasteiger partial charge is 0.294 e. The molecule has 0 saturated carbocycles. The number of hydrogen-bond acceptors (Lipinski definition) is 1. The minimum absolute atomic E-state index is 0.115. The lowest BCUT2D eigenvalue weighted by atomic mass is 9.97. The summed E-state index contributed by atoms with van der Waals surface area (Å²) in [5.74, 6) is 0.584. The second-order valence-corrected chi connectivity index (χ2v) is 5.99. The normalized spacial score (nSPS) is 20.1. The first-order chi connectivity index (χ1) is 7.52. The third kappa shape index (κ3) is 1.75. The Labute approximate surface area is 98.1 Å². The van der Waals surface area contributed by atoms with Crippen molar-refractivity contribution in [2.45, 2.75) is 26.2 Å². The maximum absolute atomic E-state index is 14.2. The van der Waals surface area contributed by atoms with Gasteiger partial charge in [0.2, 0.25) is 0 Å². The highest BCUT2D eigenvalue weighted by Gasteiger charge is 2.24. The summed E-state index contributed by atoms with van der Waals surface area (Å²) < 4.78 is 27.4. The van der Waals surface area contributed by atoms with E-state index in [9.17, 15) is 8.60 Å². The monoisotopic (exact) mass is 241 g/mol. The molecular formula is C12H16FNOS. The molecule has 88 valence electrons. The molecule has 0 N–H and O–H groups in total. The summed E-state index contributed by atoms with van der Waals surface area (Å²) in [5, 5.41) is 0. The van der Waals surface area contributed by atoms with Gasteiger partial charge in [-0.2, -0.15) is 0 Å². The van der Waals surface area contributed by atoms with Crippen LogP contribution < -0.4 is 4.31 Å². The highest BCUT2D eigenvalue weighted by atomic mass is 32.2. The summed E-state index contributed by atoms with van der Waals surface area (Å²) in [7, 11) is 0.747. The van der Waals surface area contributed by atoms with Crippen LogP contribution >= 0.6 is 0 Å². The summed E-state index contributed by atoms with van der Waals surface area (Å²) >= 11 is 0. The van der Waals surface area contributed by atoms with Crippen molar-refractivity contribution in [1.29, 1.82) is 0 Å². The summed E-state index contributed by atoms with van der Waals surface area (Å²) in [6.45, 7) is 3.96. The van der Waals surface area contributed by atoms with Crippen LogP contribution in [-0.2, 0) is 17.4 Å². The van der Waals surface area contributed by atoms with Gasteiger partial charge in [0.25, 0.3) is 0 Å². The smallest absolute Gasteiger partial charge is 0.131 e. The van der Waals surface area contributed by atoms with Gasteiger partial charge < -0.3 is 0 Å². The molecule has 4 heteroatoms. The van der Waals surface area contributed by atoms with Crippen LogP contribution in [0.2, 0.25) is 0 Å². The first-order valence-corrected chi connectivity index (χ1v) is 6.73. The fourth-order valence-corrected chi connectivity index (χ4v) is 3.09. The zero-order chi connectivity index (χ0) is 11.9. The summed E-state index contributed by atoms with van der Waals surface area (Å²) in [6, 6.07) is 3.68. The summed E-state index contributed by atoms with van der Waals surface area (Å²) in [5.41, 5.74) is 2.24. The van der Waals surface area contributed by atoms with E-state index < -0.39 is 11.0 Å². The number of rotatable bonds is 1. The molecule has 0 saturated heterocycles. The topological polar surface area (TPSA) is 20.3 Å². The molecule has 2 rings (SSSR count). The molecule has 0 aliphatic carbocycles. The van der Waals surface area contributed by atoms with Crippen molar-refractivity contribution in [3.63, 3.8) is 0 Å². The standard InChI is InChI=1S/C12H16FNOS/c1-8(2)9-4-5-11-10(12(9)13)6-7-16(15)14(11)3/h4-5,8H,6-7H2,1-3H3. The van der Waals surface area contributed by atoms with Crippen LogP contribution in [0.1, 0.15) is 30.9 Å². The van der Waals surface area contributed by atoms with Gasteiger partial charge >= 0.3 is 0 Å². The summed E-state index contributed by atoms with van der Waals surface area (Å²) in [6.07, 6.45) is 0.568. The molecule has 2 nitrogen and oxygen atoms in total. The number of anilines is 1. The van der Waals surface area contributed by atoms with E-state index in [1.54, 1.807) is 17.4 Å². The molecule has 1 aliphatic rings. The molecule has 0 spiro atoms. The van der Waals surface area contributed by atoms with Crippen LogP contribution in [-0.4, -0.2) is 17.0 Å². The number of benzene rings is 1. The lowest BCUT2D eigenvalue weighted by molar-refractivity contribution is 0.583. The molecule has 0 amide bonds. The van der Waals surface area contributed by atoms with Gasteiger partial charge in [-0.1, -0.05) is 19.9 Å². The van der Waals surface area contributed by atoms with Gasteiger partial charge in [-0.3, -0.25) is 4.31 Å². The average Bonchev–Trinajstić information content (AvgIpc) is 2.23. The van der Waals surface area contributed by atoms with Crippen molar-refractivity contribution in [1.82, 2.24) is 0 Å². The van der Waals surface area contributed by atoms with E-state index in [2.05, 4.69) is 0 Å². The third-order valence-electron chi connectivity index (χ3n) is 3.04. The maximum Gasteiger partial charge on any atom is 0.131 e. The highest BCUT2D eigenvalue weighted by molar-refractivity contribution is 7.86. The Kier molecular flexibility index (Phi) is 3.02. The molecule has 1 aliphatic heterocycles. The second kappa shape index (κ2) is 4.17. The van der Waals surface area contributed by atoms with Gasteiger partial charge in [-0.05, 0) is 24.0 Å². The van der Waals surface area contributed by atoms with Crippen molar-refractivity contribution in [3.8, 4) is 0 Å². The van der Waals surface area contributed by atoms with Gasteiger partial charge in [0.05, 0.1) is 5.69 Å². The highest BCUT2D eigenvalue weighted by Crippen LogP contribution is 2.32. The van der Waals surface area contributed by atoms with Crippen molar-refractivity contribution in [3.05, 3.63) is 29.1 Å². The van der Waals surface area contributed by atoms with E-state index >= 15 is 0 Å². The minimum atomic E-state index is -1.01. The molecule has 16 heavy (non-hydrogen) atoms. The molecule has 0 radical (unpaired) electrons. The summed E-state index contributed by atoms with van der Waals surface area (Å²) in [4.78, 5) is 0. The van der Waals surface area contributed by atoms with Gasteiger partial charge in [0.15, 0.2) is 0 Å². The number of nitrogens with zero attached hydrogens (tertiary/aromatic N) is 1. The van der Waals surface area contributed by atoms with E-state index in [0.29, 0.717) is 17.7 Å². The van der Waals surface area contributed by atoms with Crippen molar-refractivity contribution in [2.24, 2.45) is 0 Å². The Balaban J connectivity index is 2.55. The Morgan fingerprint density at radius 2 is 2.12 bits per heavy atom. The second-order valence-electron chi connectivity index (χ2n) is 4.39. The molecule has 1 aromatic carbocycles. The fraction of sp³-hybridized carbons (Fsp3) is 0.500. The van der Waals surface area contributed by atoms with Gasteiger partial charge in [-0.25, -0.2) is 8.60 Å². The van der Waals surface area contributed by atoms with Crippen LogP contribution in [0.15, 0.2) is 12.1 Å². The number of fused-ring (bicyclic) bond motifs is 1. The first kappa shape index (κ1) is 11.6. The quantitative estimate of drug-likeness (QED) is 0.740. The SMILES string of the molecule is CC(C)c1ccc2c(c1F)CCS(=O)N2C. The van der Waals surface area contributed by atoms with Crippen LogP contribution in [0.3, 0.4) is 0 Å². The Hall–Kier alpha value is -0.900. The van der Waals surface area contributed by atoms with Crippen molar-refractivity contribution in [2.75, 3.05) is 17.1 Å². The van der Waals surface area contributed by atoms with Gasteiger partial charge in [0.1, 0.15) is 16.8 Å². The average molecular weight is 241 g/mol. The van der Waals surface area contributed by atoms with Crippen LogP contribution in [0.5, 0.6) is 0 Å². The van der Waals surface area contributed by atoms with Crippen LogP contribution in [0.4, 0.5) is 10.1 Å². The maximum atomic E-state index is 14.2. The third-order valence-corrected chi connectivity index (χ3v) is 4.40. The molecule has 0 bridgehead atoms. The molecule has 1 heterocycles. The first-order valence-electron chi connectivity index (χ1n) is 5.46. The predicted octanol–water partition coefficient (Wildman–Crippen LogP) is 2.61. The Morgan fingerprint density at radius 3 is 2.75 bits per heavy atom. The molecule has 1 unspecified atom stereocenters. The Bertz CT molecular complexity index is 445. The van der Waals surface area contributed by atoms with Crippen molar-refractivity contribution >= 4 is 16.7 Å². The van der Waals surface area contributed by atoms with Crippen molar-refractivity contribution < 1.29 is 8.60 Å².